The number of benzene rings is 1. The molecule has 7 nitrogen and oxygen atoms in total. The summed E-state index contributed by atoms with van der Waals surface area (Å²) in [4.78, 5) is 26.6. The van der Waals surface area contributed by atoms with Gasteiger partial charge in [-0.1, -0.05) is 12.1 Å². The number of aromatic nitrogens is 5. The third-order valence-electron chi connectivity index (χ3n) is 4.65. The Kier molecular flexibility index (Phi) is 4.40. The highest BCUT2D eigenvalue weighted by molar-refractivity contribution is 6.28. The van der Waals surface area contributed by atoms with Gasteiger partial charge in [0, 0.05) is 31.8 Å². The second kappa shape index (κ2) is 6.84. The minimum Gasteiger partial charge on any atom is -0.342 e. The number of hydrogen-bond donors (Lipinski definition) is 2. The number of fused-ring (bicyclic) bond motifs is 1. The molecule has 25 heavy (non-hydrogen) atoms. The molecule has 0 saturated carbocycles. The van der Waals surface area contributed by atoms with E-state index < -0.39 is 0 Å². The summed E-state index contributed by atoms with van der Waals surface area (Å²) in [6.07, 6.45) is 2.95. The van der Waals surface area contributed by atoms with Gasteiger partial charge in [0.1, 0.15) is 11.6 Å². The van der Waals surface area contributed by atoms with Crippen LogP contribution in [0.5, 0.6) is 0 Å². The number of likely N-dealkylation sites (tertiary alicyclic amines) is 1. The van der Waals surface area contributed by atoms with Gasteiger partial charge in [-0.2, -0.15) is 0 Å². The van der Waals surface area contributed by atoms with E-state index in [9.17, 15) is 4.79 Å². The number of rotatable bonds is 4. The average Bonchev–Trinajstić information content (AvgIpc) is 3.25. The monoisotopic (exact) mass is 358 g/mol. The number of para-hydroxylation sites is 2. The molecular weight excluding hydrogens is 340 g/mol. The number of hydrogen-bond acceptors (Lipinski definition) is 4. The fraction of sp³-hybridized carbons (Fsp3) is 0.412. The Morgan fingerprint density at radius 3 is 3.00 bits per heavy atom. The number of aryl methyl sites for hydroxylation is 1. The molecule has 1 saturated heterocycles. The lowest BCUT2D eigenvalue weighted by atomic mass is 9.97. The van der Waals surface area contributed by atoms with Crippen molar-refractivity contribution in [2.45, 2.75) is 31.6 Å². The summed E-state index contributed by atoms with van der Waals surface area (Å²) in [6.45, 7) is 1.50. The highest BCUT2D eigenvalue weighted by Gasteiger charge is 2.26. The molecule has 8 heteroatoms. The van der Waals surface area contributed by atoms with Crippen LogP contribution in [0.1, 0.15) is 36.8 Å². The summed E-state index contributed by atoms with van der Waals surface area (Å²) in [6, 6.07) is 8.01. The fourth-order valence-electron chi connectivity index (χ4n) is 3.36. The van der Waals surface area contributed by atoms with Crippen molar-refractivity contribution in [1.29, 1.82) is 0 Å². The topological polar surface area (TPSA) is 90.6 Å². The molecule has 130 valence electrons. The summed E-state index contributed by atoms with van der Waals surface area (Å²) in [5.74, 6) is 2.00. The number of carbonyl (C=O) groups excluding carboxylic acids is 1. The van der Waals surface area contributed by atoms with E-state index in [0.29, 0.717) is 25.2 Å². The number of nitrogens with one attached hydrogen (secondary N) is 2. The Bertz CT molecular complexity index is 855. The zero-order valence-electron chi connectivity index (χ0n) is 13.7. The SMILES string of the molecule is O=C(CCc1nc(Cl)n[nH]1)N1CCC[C@@H](c2nc3ccccc3[nH]2)C1. The van der Waals surface area contributed by atoms with Gasteiger partial charge in [-0.25, -0.2) is 9.97 Å². The summed E-state index contributed by atoms with van der Waals surface area (Å²) >= 11 is 5.69. The number of aromatic amines is 2. The molecule has 1 aromatic carbocycles. The Morgan fingerprint density at radius 2 is 2.20 bits per heavy atom. The van der Waals surface area contributed by atoms with Crippen molar-refractivity contribution in [3.8, 4) is 0 Å². The van der Waals surface area contributed by atoms with E-state index in [0.717, 1.165) is 36.2 Å². The first-order valence-corrected chi connectivity index (χ1v) is 8.86. The van der Waals surface area contributed by atoms with Gasteiger partial charge in [0.05, 0.1) is 11.0 Å². The highest BCUT2D eigenvalue weighted by atomic mass is 35.5. The quantitative estimate of drug-likeness (QED) is 0.750. The Balaban J connectivity index is 1.40. The Hall–Kier alpha value is -2.41. The fourth-order valence-corrected chi connectivity index (χ4v) is 3.50. The van der Waals surface area contributed by atoms with Crippen LogP contribution in [-0.4, -0.2) is 49.0 Å². The van der Waals surface area contributed by atoms with E-state index in [1.54, 1.807) is 0 Å². The molecule has 1 amide bonds. The first kappa shape index (κ1) is 16.1. The maximum atomic E-state index is 12.5. The van der Waals surface area contributed by atoms with Crippen molar-refractivity contribution >= 4 is 28.5 Å². The van der Waals surface area contributed by atoms with Crippen LogP contribution in [0.2, 0.25) is 5.28 Å². The summed E-state index contributed by atoms with van der Waals surface area (Å²) < 4.78 is 0. The van der Waals surface area contributed by atoms with Crippen LogP contribution >= 0.6 is 11.6 Å². The summed E-state index contributed by atoms with van der Waals surface area (Å²) in [5, 5.41) is 6.69. The van der Waals surface area contributed by atoms with Crippen molar-refractivity contribution in [2.24, 2.45) is 0 Å². The molecule has 0 aliphatic carbocycles. The molecule has 1 atom stereocenters. The van der Waals surface area contributed by atoms with Gasteiger partial charge in [-0.3, -0.25) is 9.89 Å². The molecule has 1 aliphatic rings. The van der Waals surface area contributed by atoms with Gasteiger partial charge in [-0.15, -0.1) is 5.10 Å². The second-order valence-electron chi connectivity index (χ2n) is 6.37. The van der Waals surface area contributed by atoms with Crippen molar-refractivity contribution < 1.29 is 4.79 Å². The van der Waals surface area contributed by atoms with Gasteiger partial charge in [0.2, 0.25) is 11.2 Å². The van der Waals surface area contributed by atoms with Crippen LogP contribution in [0, 0.1) is 0 Å². The Labute approximate surface area is 149 Å². The zero-order chi connectivity index (χ0) is 17.2. The number of amides is 1. The molecule has 0 spiro atoms. The van der Waals surface area contributed by atoms with Gasteiger partial charge in [0.15, 0.2) is 0 Å². The van der Waals surface area contributed by atoms with Crippen LogP contribution in [0.15, 0.2) is 24.3 Å². The van der Waals surface area contributed by atoms with Crippen LogP contribution in [0.4, 0.5) is 0 Å². The standard InChI is InChI=1S/C17H19ClN6O/c18-17-21-14(22-23-17)7-8-15(25)24-9-3-4-11(10-24)16-19-12-5-1-2-6-13(12)20-16/h1-2,5-6,11H,3-4,7-10H2,(H,19,20)(H,21,22,23)/t11-/m1/s1. The number of halogens is 1. The molecule has 0 bridgehead atoms. The molecule has 0 radical (unpaired) electrons. The van der Waals surface area contributed by atoms with E-state index in [1.165, 1.54) is 0 Å². The van der Waals surface area contributed by atoms with E-state index in [4.69, 9.17) is 16.6 Å². The largest absolute Gasteiger partial charge is 0.342 e. The minimum absolute atomic E-state index is 0.133. The summed E-state index contributed by atoms with van der Waals surface area (Å²) in [5.41, 5.74) is 2.02. The number of carbonyl (C=O) groups is 1. The molecule has 3 heterocycles. The predicted molar refractivity (Wildman–Crippen MR) is 94.4 cm³/mol. The number of nitrogens with zero attached hydrogens (tertiary/aromatic N) is 4. The second-order valence-corrected chi connectivity index (χ2v) is 6.71. The third-order valence-corrected chi connectivity index (χ3v) is 4.82. The molecule has 4 rings (SSSR count). The maximum absolute atomic E-state index is 12.5. The molecule has 2 N–H and O–H groups in total. The maximum Gasteiger partial charge on any atom is 0.242 e. The lowest BCUT2D eigenvalue weighted by molar-refractivity contribution is -0.132. The van der Waals surface area contributed by atoms with Gasteiger partial charge in [-0.05, 0) is 36.6 Å². The van der Waals surface area contributed by atoms with Gasteiger partial charge < -0.3 is 9.88 Å². The van der Waals surface area contributed by atoms with Crippen LogP contribution < -0.4 is 0 Å². The molecule has 1 aliphatic heterocycles. The lowest BCUT2D eigenvalue weighted by Crippen LogP contribution is -2.39. The Morgan fingerprint density at radius 1 is 1.32 bits per heavy atom. The average molecular weight is 359 g/mol. The molecule has 2 aromatic heterocycles. The number of H-pyrrole nitrogens is 2. The molecule has 1 fully saturated rings. The minimum atomic E-state index is 0.133. The lowest BCUT2D eigenvalue weighted by Gasteiger charge is -2.32. The molecular formula is C17H19ClN6O. The highest BCUT2D eigenvalue weighted by Crippen LogP contribution is 2.27. The molecule has 3 aromatic rings. The molecule has 0 unspecified atom stereocenters. The van der Waals surface area contributed by atoms with Crippen LogP contribution in [0.3, 0.4) is 0 Å². The first-order valence-electron chi connectivity index (χ1n) is 8.48. The van der Waals surface area contributed by atoms with Crippen molar-refractivity contribution in [1.82, 2.24) is 30.0 Å². The van der Waals surface area contributed by atoms with E-state index >= 15 is 0 Å². The predicted octanol–water partition coefficient (Wildman–Crippen LogP) is 2.67. The van der Waals surface area contributed by atoms with Gasteiger partial charge >= 0.3 is 0 Å². The zero-order valence-corrected chi connectivity index (χ0v) is 14.5. The number of piperidine rings is 1. The van der Waals surface area contributed by atoms with E-state index in [-0.39, 0.29) is 17.1 Å². The van der Waals surface area contributed by atoms with Crippen molar-refractivity contribution in [3.63, 3.8) is 0 Å². The normalized spacial score (nSPS) is 18.0. The number of imidazole rings is 1. The van der Waals surface area contributed by atoms with Crippen molar-refractivity contribution in [3.05, 3.63) is 41.2 Å². The summed E-state index contributed by atoms with van der Waals surface area (Å²) in [7, 11) is 0. The van der Waals surface area contributed by atoms with E-state index in [2.05, 4.69) is 20.2 Å². The van der Waals surface area contributed by atoms with Crippen molar-refractivity contribution in [2.75, 3.05) is 13.1 Å². The van der Waals surface area contributed by atoms with Crippen LogP contribution in [0.25, 0.3) is 11.0 Å². The van der Waals surface area contributed by atoms with Crippen LogP contribution in [-0.2, 0) is 11.2 Å². The smallest absolute Gasteiger partial charge is 0.242 e. The first-order chi connectivity index (χ1) is 12.2. The van der Waals surface area contributed by atoms with Gasteiger partial charge in [0.25, 0.3) is 0 Å². The van der Waals surface area contributed by atoms with E-state index in [1.807, 2.05) is 29.2 Å². The third kappa shape index (κ3) is 3.51.